The van der Waals surface area contributed by atoms with Gasteiger partial charge in [-0.1, -0.05) is 0 Å². The van der Waals surface area contributed by atoms with Crippen molar-refractivity contribution in [2.24, 2.45) is 7.05 Å². The standard InChI is InChI=1S/C8H13N3O2/c1-6(8(12)13)10-5-7-9-3-4-11(7)2/h3-4,6,10H,5H2,1-2H3,(H,12,13)/t6-/m1/s1. The van der Waals surface area contributed by atoms with Gasteiger partial charge < -0.3 is 9.67 Å². The first-order valence-electron chi connectivity index (χ1n) is 4.03. The quantitative estimate of drug-likeness (QED) is 0.688. The molecule has 1 aromatic heterocycles. The van der Waals surface area contributed by atoms with E-state index in [9.17, 15) is 4.79 Å². The normalized spacial score (nSPS) is 12.8. The van der Waals surface area contributed by atoms with E-state index in [2.05, 4.69) is 10.3 Å². The molecular weight excluding hydrogens is 170 g/mol. The highest BCUT2D eigenvalue weighted by atomic mass is 16.4. The van der Waals surface area contributed by atoms with Crippen LogP contribution in [0.25, 0.3) is 0 Å². The Kier molecular flexibility index (Phi) is 3.02. The fraction of sp³-hybridized carbons (Fsp3) is 0.500. The molecule has 0 aromatic carbocycles. The lowest BCUT2D eigenvalue weighted by molar-refractivity contribution is -0.139. The lowest BCUT2D eigenvalue weighted by atomic mass is 10.3. The molecule has 0 fully saturated rings. The predicted octanol–water partition coefficient (Wildman–Crippen LogP) is -0.0172. The number of hydrogen-bond acceptors (Lipinski definition) is 3. The summed E-state index contributed by atoms with van der Waals surface area (Å²) in [5.41, 5.74) is 0. The van der Waals surface area contributed by atoms with Crippen LogP contribution in [0, 0.1) is 0 Å². The molecule has 0 amide bonds. The molecule has 1 aromatic rings. The molecule has 0 saturated heterocycles. The second-order valence-corrected chi connectivity index (χ2v) is 2.90. The van der Waals surface area contributed by atoms with E-state index in [0.717, 1.165) is 5.82 Å². The second kappa shape index (κ2) is 4.04. The van der Waals surface area contributed by atoms with Gasteiger partial charge in [-0.05, 0) is 6.92 Å². The highest BCUT2D eigenvalue weighted by Crippen LogP contribution is 1.94. The molecule has 0 spiro atoms. The lowest BCUT2D eigenvalue weighted by Crippen LogP contribution is -2.33. The number of carboxylic acids is 1. The molecule has 13 heavy (non-hydrogen) atoms. The minimum Gasteiger partial charge on any atom is -0.480 e. The van der Waals surface area contributed by atoms with Crippen LogP contribution in [0.15, 0.2) is 12.4 Å². The first-order valence-corrected chi connectivity index (χ1v) is 4.03. The smallest absolute Gasteiger partial charge is 0.320 e. The highest BCUT2D eigenvalue weighted by Gasteiger charge is 2.10. The summed E-state index contributed by atoms with van der Waals surface area (Å²) in [6.07, 6.45) is 3.50. The molecule has 0 aliphatic carbocycles. The molecule has 1 rings (SSSR count). The van der Waals surface area contributed by atoms with E-state index in [-0.39, 0.29) is 0 Å². The van der Waals surface area contributed by atoms with Crippen molar-refractivity contribution in [3.05, 3.63) is 18.2 Å². The Morgan fingerprint density at radius 2 is 2.54 bits per heavy atom. The third kappa shape index (κ3) is 2.55. The van der Waals surface area contributed by atoms with Gasteiger partial charge in [0.1, 0.15) is 11.9 Å². The molecule has 0 bridgehead atoms. The number of aliphatic carboxylic acids is 1. The van der Waals surface area contributed by atoms with Crippen molar-refractivity contribution in [3.63, 3.8) is 0 Å². The van der Waals surface area contributed by atoms with Gasteiger partial charge in [0, 0.05) is 19.4 Å². The van der Waals surface area contributed by atoms with Crippen LogP contribution in [0.5, 0.6) is 0 Å². The average Bonchev–Trinajstić information content (AvgIpc) is 2.47. The van der Waals surface area contributed by atoms with Crippen LogP contribution < -0.4 is 5.32 Å². The number of nitrogens with zero attached hydrogens (tertiary/aromatic N) is 2. The van der Waals surface area contributed by atoms with Gasteiger partial charge in [-0.3, -0.25) is 10.1 Å². The van der Waals surface area contributed by atoms with Gasteiger partial charge >= 0.3 is 5.97 Å². The Morgan fingerprint density at radius 1 is 1.85 bits per heavy atom. The summed E-state index contributed by atoms with van der Waals surface area (Å²) >= 11 is 0. The largest absolute Gasteiger partial charge is 0.480 e. The summed E-state index contributed by atoms with van der Waals surface area (Å²) in [4.78, 5) is 14.5. The molecule has 1 atom stereocenters. The van der Waals surface area contributed by atoms with E-state index in [4.69, 9.17) is 5.11 Å². The number of hydrogen-bond donors (Lipinski definition) is 2. The van der Waals surface area contributed by atoms with Gasteiger partial charge in [0.2, 0.25) is 0 Å². The molecule has 0 saturated carbocycles. The van der Waals surface area contributed by atoms with Gasteiger partial charge in [0.15, 0.2) is 0 Å². The van der Waals surface area contributed by atoms with Crippen molar-refractivity contribution in [1.29, 1.82) is 0 Å². The zero-order valence-corrected chi connectivity index (χ0v) is 7.69. The summed E-state index contributed by atoms with van der Waals surface area (Å²) in [6, 6.07) is -0.545. The van der Waals surface area contributed by atoms with Crippen LogP contribution in [0.2, 0.25) is 0 Å². The van der Waals surface area contributed by atoms with Crippen molar-refractivity contribution in [2.75, 3.05) is 0 Å². The topological polar surface area (TPSA) is 67.2 Å². The minimum atomic E-state index is -0.853. The van der Waals surface area contributed by atoms with E-state index in [1.165, 1.54) is 0 Å². The fourth-order valence-electron chi connectivity index (χ4n) is 0.899. The van der Waals surface area contributed by atoms with Crippen molar-refractivity contribution in [2.45, 2.75) is 19.5 Å². The molecule has 0 unspecified atom stereocenters. The molecule has 0 aliphatic heterocycles. The number of carbonyl (C=O) groups is 1. The Labute approximate surface area is 76.4 Å². The summed E-state index contributed by atoms with van der Waals surface area (Å²) in [5.74, 6) is -0.0256. The Balaban J connectivity index is 2.44. The van der Waals surface area contributed by atoms with Crippen molar-refractivity contribution >= 4 is 5.97 Å². The van der Waals surface area contributed by atoms with E-state index < -0.39 is 12.0 Å². The predicted molar refractivity (Wildman–Crippen MR) is 47.1 cm³/mol. The number of aryl methyl sites for hydroxylation is 1. The minimum absolute atomic E-state index is 0.469. The van der Waals surface area contributed by atoms with Crippen LogP contribution in [0.3, 0.4) is 0 Å². The maximum atomic E-state index is 10.5. The summed E-state index contributed by atoms with van der Waals surface area (Å²) in [6.45, 7) is 2.07. The van der Waals surface area contributed by atoms with Crippen molar-refractivity contribution in [3.8, 4) is 0 Å². The molecule has 2 N–H and O–H groups in total. The monoisotopic (exact) mass is 183 g/mol. The third-order valence-electron chi connectivity index (χ3n) is 1.86. The number of imidazole rings is 1. The zero-order chi connectivity index (χ0) is 9.84. The SMILES string of the molecule is C[C@@H](NCc1nccn1C)C(=O)O. The molecule has 5 nitrogen and oxygen atoms in total. The molecule has 5 heteroatoms. The molecule has 1 heterocycles. The summed E-state index contributed by atoms with van der Waals surface area (Å²) < 4.78 is 1.85. The fourth-order valence-corrected chi connectivity index (χ4v) is 0.899. The molecule has 0 aliphatic rings. The van der Waals surface area contributed by atoms with Gasteiger partial charge in [0.25, 0.3) is 0 Å². The first-order chi connectivity index (χ1) is 6.11. The number of rotatable bonds is 4. The van der Waals surface area contributed by atoms with Crippen LogP contribution in [-0.2, 0) is 18.4 Å². The lowest BCUT2D eigenvalue weighted by Gasteiger charge is -2.08. The van der Waals surface area contributed by atoms with E-state index in [0.29, 0.717) is 6.54 Å². The maximum Gasteiger partial charge on any atom is 0.320 e. The Hall–Kier alpha value is -1.36. The average molecular weight is 183 g/mol. The molecular formula is C8H13N3O2. The highest BCUT2D eigenvalue weighted by molar-refractivity contribution is 5.72. The number of nitrogens with one attached hydrogen (secondary N) is 1. The van der Waals surface area contributed by atoms with Crippen LogP contribution in [-0.4, -0.2) is 26.7 Å². The Bertz CT molecular complexity index is 295. The summed E-state index contributed by atoms with van der Waals surface area (Å²) in [7, 11) is 1.87. The van der Waals surface area contributed by atoms with Gasteiger partial charge in [-0.25, -0.2) is 4.98 Å². The van der Waals surface area contributed by atoms with Crippen molar-refractivity contribution < 1.29 is 9.90 Å². The third-order valence-corrected chi connectivity index (χ3v) is 1.86. The van der Waals surface area contributed by atoms with E-state index >= 15 is 0 Å². The van der Waals surface area contributed by atoms with E-state index in [1.807, 2.05) is 17.8 Å². The van der Waals surface area contributed by atoms with Crippen LogP contribution in [0.1, 0.15) is 12.7 Å². The second-order valence-electron chi connectivity index (χ2n) is 2.90. The van der Waals surface area contributed by atoms with E-state index in [1.54, 1.807) is 13.1 Å². The van der Waals surface area contributed by atoms with Crippen molar-refractivity contribution in [1.82, 2.24) is 14.9 Å². The number of aromatic nitrogens is 2. The van der Waals surface area contributed by atoms with Crippen LogP contribution in [0.4, 0.5) is 0 Å². The zero-order valence-electron chi connectivity index (χ0n) is 7.69. The summed E-state index contributed by atoms with van der Waals surface area (Å²) in [5, 5.41) is 11.4. The van der Waals surface area contributed by atoms with Gasteiger partial charge in [0.05, 0.1) is 6.54 Å². The Morgan fingerprint density at radius 3 is 3.00 bits per heavy atom. The van der Waals surface area contributed by atoms with Crippen LogP contribution >= 0.6 is 0 Å². The first kappa shape index (κ1) is 9.73. The number of carboxylic acid groups (broad SMARTS) is 1. The van der Waals surface area contributed by atoms with Gasteiger partial charge in [-0.15, -0.1) is 0 Å². The molecule has 72 valence electrons. The maximum absolute atomic E-state index is 10.5. The van der Waals surface area contributed by atoms with Gasteiger partial charge in [-0.2, -0.15) is 0 Å². The molecule has 0 radical (unpaired) electrons.